The van der Waals surface area contributed by atoms with Crippen molar-refractivity contribution in [2.75, 3.05) is 56.0 Å². The van der Waals surface area contributed by atoms with Crippen LogP contribution in [0, 0.1) is 19.8 Å². The van der Waals surface area contributed by atoms with Gasteiger partial charge in [-0.2, -0.15) is 0 Å². The molecule has 166 valence electrons. The molecule has 2 aromatic rings. The van der Waals surface area contributed by atoms with E-state index in [0.29, 0.717) is 11.7 Å². The molecule has 8 heteroatoms. The Bertz CT molecular complexity index is 914. The largest absolute Gasteiger partial charge is 0.368 e. The van der Waals surface area contributed by atoms with Gasteiger partial charge in [0.1, 0.15) is 0 Å². The van der Waals surface area contributed by atoms with Crippen LogP contribution in [0.25, 0.3) is 0 Å². The van der Waals surface area contributed by atoms with Crippen molar-refractivity contribution < 1.29 is 9.59 Å². The molecule has 2 amide bonds. The number of aryl methyl sites for hydroxylation is 2. The number of thiazole rings is 1. The summed E-state index contributed by atoms with van der Waals surface area (Å²) in [5, 5.41) is 5.54. The standard InChI is InChI=1S/C23H31N5O2S/c1-17-4-3-5-20(14-17)27-10-12-28(13-11-27)21(29)15-26-8-6-19(7-9-26)22(30)25-23-24-18(2)16-31-23/h3-5,14,16,19H,6-13,15H2,1-2H3,(H,24,25,30). The van der Waals surface area contributed by atoms with Crippen LogP contribution in [-0.4, -0.2) is 72.4 Å². The lowest BCUT2D eigenvalue weighted by molar-refractivity contribution is -0.133. The lowest BCUT2D eigenvalue weighted by atomic mass is 9.96. The van der Waals surface area contributed by atoms with E-state index in [1.807, 2.05) is 17.2 Å². The van der Waals surface area contributed by atoms with Gasteiger partial charge in [0.05, 0.1) is 12.2 Å². The van der Waals surface area contributed by atoms with Crippen molar-refractivity contribution in [1.29, 1.82) is 0 Å². The molecule has 2 saturated heterocycles. The molecule has 2 fully saturated rings. The van der Waals surface area contributed by atoms with E-state index in [-0.39, 0.29) is 17.7 Å². The van der Waals surface area contributed by atoms with Crippen LogP contribution in [0.1, 0.15) is 24.1 Å². The summed E-state index contributed by atoms with van der Waals surface area (Å²) in [4.78, 5) is 36.1. The number of nitrogens with zero attached hydrogens (tertiary/aromatic N) is 4. The minimum absolute atomic E-state index is 0.00608. The molecule has 0 bridgehead atoms. The molecule has 1 N–H and O–H groups in total. The van der Waals surface area contributed by atoms with Crippen LogP contribution in [0.3, 0.4) is 0 Å². The van der Waals surface area contributed by atoms with Crippen molar-refractivity contribution in [3.05, 3.63) is 40.9 Å². The predicted molar refractivity (Wildman–Crippen MR) is 125 cm³/mol. The molecule has 3 heterocycles. The van der Waals surface area contributed by atoms with Gasteiger partial charge in [0.2, 0.25) is 11.8 Å². The van der Waals surface area contributed by atoms with Crippen molar-refractivity contribution in [1.82, 2.24) is 14.8 Å². The van der Waals surface area contributed by atoms with Crippen molar-refractivity contribution in [2.45, 2.75) is 26.7 Å². The molecule has 31 heavy (non-hydrogen) atoms. The molecule has 0 aliphatic carbocycles. The number of nitrogens with one attached hydrogen (secondary N) is 1. The number of piperazine rings is 1. The zero-order valence-corrected chi connectivity index (χ0v) is 19.2. The molecule has 1 aromatic carbocycles. The Hall–Kier alpha value is -2.45. The minimum atomic E-state index is -0.00608. The average molecular weight is 442 g/mol. The predicted octanol–water partition coefficient (Wildman–Crippen LogP) is 2.76. The Morgan fingerprint density at radius 1 is 1.10 bits per heavy atom. The molecule has 2 aliphatic rings. The second-order valence-electron chi connectivity index (χ2n) is 8.54. The fourth-order valence-corrected chi connectivity index (χ4v) is 4.99. The Labute approximate surface area is 188 Å². The Kier molecular flexibility index (Phi) is 6.87. The summed E-state index contributed by atoms with van der Waals surface area (Å²) in [6, 6.07) is 8.54. The first-order valence-electron chi connectivity index (χ1n) is 11.0. The molecule has 0 spiro atoms. The third-order valence-corrected chi connectivity index (χ3v) is 7.04. The third kappa shape index (κ3) is 5.62. The maximum atomic E-state index is 12.8. The Balaban J connectivity index is 1.19. The van der Waals surface area contributed by atoms with Crippen molar-refractivity contribution >= 4 is 34.0 Å². The maximum Gasteiger partial charge on any atom is 0.236 e. The molecule has 0 radical (unpaired) electrons. The number of hydrogen-bond acceptors (Lipinski definition) is 6. The van der Waals surface area contributed by atoms with E-state index in [0.717, 1.165) is 57.8 Å². The molecular formula is C23H31N5O2S. The highest BCUT2D eigenvalue weighted by Gasteiger charge is 2.28. The van der Waals surface area contributed by atoms with Gasteiger partial charge in [0.25, 0.3) is 0 Å². The number of hydrogen-bond donors (Lipinski definition) is 1. The van der Waals surface area contributed by atoms with Gasteiger partial charge in [-0.15, -0.1) is 11.3 Å². The maximum absolute atomic E-state index is 12.8. The number of benzene rings is 1. The number of anilines is 2. The van der Waals surface area contributed by atoms with Gasteiger partial charge in [-0.3, -0.25) is 14.5 Å². The van der Waals surface area contributed by atoms with E-state index in [2.05, 4.69) is 51.3 Å². The highest BCUT2D eigenvalue weighted by Crippen LogP contribution is 2.22. The van der Waals surface area contributed by atoms with Gasteiger partial charge in [-0.1, -0.05) is 12.1 Å². The second kappa shape index (κ2) is 9.78. The number of aromatic nitrogens is 1. The summed E-state index contributed by atoms with van der Waals surface area (Å²) >= 11 is 1.46. The van der Waals surface area contributed by atoms with E-state index in [4.69, 9.17) is 0 Å². The summed E-state index contributed by atoms with van der Waals surface area (Å²) in [6.07, 6.45) is 1.56. The monoisotopic (exact) mass is 441 g/mol. The number of likely N-dealkylation sites (tertiary alicyclic amines) is 1. The van der Waals surface area contributed by atoms with Crippen LogP contribution >= 0.6 is 11.3 Å². The van der Waals surface area contributed by atoms with Crippen LogP contribution in [-0.2, 0) is 9.59 Å². The fraction of sp³-hybridized carbons (Fsp3) is 0.522. The topological polar surface area (TPSA) is 68.8 Å². The van der Waals surface area contributed by atoms with Gasteiger partial charge in [-0.25, -0.2) is 4.98 Å². The third-order valence-electron chi connectivity index (χ3n) is 6.17. The van der Waals surface area contributed by atoms with Gasteiger partial charge in [0, 0.05) is 43.2 Å². The van der Waals surface area contributed by atoms with Crippen LogP contribution in [0.15, 0.2) is 29.6 Å². The van der Waals surface area contributed by atoms with E-state index < -0.39 is 0 Å². The van der Waals surface area contributed by atoms with E-state index >= 15 is 0 Å². The van der Waals surface area contributed by atoms with Crippen LogP contribution in [0.4, 0.5) is 10.8 Å². The first-order valence-corrected chi connectivity index (χ1v) is 11.9. The van der Waals surface area contributed by atoms with Gasteiger partial charge >= 0.3 is 0 Å². The molecule has 4 rings (SSSR count). The van der Waals surface area contributed by atoms with Gasteiger partial charge in [0.15, 0.2) is 5.13 Å². The second-order valence-corrected chi connectivity index (χ2v) is 9.40. The normalized spacial score (nSPS) is 18.3. The molecule has 2 aliphatic heterocycles. The van der Waals surface area contributed by atoms with Crippen LogP contribution in [0.2, 0.25) is 0 Å². The first-order chi connectivity index (χ1) is 15.0. The Morgan fingerprint density at radius 2 is 1.84 bits per heavy atom. The number of carbonyl (C=O) groups excluding carboxylic acids is 2. The van der Waals surface area contributed by atoms with Crippen molar-refractivity contribution in [2.24, 2.45) is 5.92 Å². The molecule has 1 aromatic heterocycles. The van der Waals surface area contributed by atoms with Crippen LogP contribution < -0.4 is 10.2 Å². The zero-order chi connectivity index (χ0) is 21.8. The summed E-state index contributed by atoms with van der Waals surface area (Å²) in [7, 11) is 0. The highest BCUT2D eigenvalue weighted by molar-refractivity contribution is 7.13. The fourth-order valence-electron chi connectivity index (χ4n) is 4.30. The van der Waals surface area contributed by atoms with Gasteiger partial charge < -0.3 is 15.1 Å². The average Bonchev–Trinajstić information content (AvgIpc) is 3.18. The van der Waals surface area contributed by atoms with Crippen LogP contribution in [0.5, 0.6) is 0 Å². The lowest BCUT2D eigenvalue weighted by Gasteiger charge is -2.38. The Morgan fingerprint density at radius 3 is 2.48 bits per heavy atom. The van der Waals surface area contributed by atoms with Crippen molar-refractivity contribution in [3.63, 3.8) is 0 Å². The molecule has 0 unspecified atom stereocenters. The highest BCUT2D eigenvalue weighted by atomic mass is 32.1. The molecule has 7 nitrogen and oxygen atoms in total. The lowest BCUT2D eigenvalue weighted by Crippen LogP contribution is -2.52. The minimum Gasteiger partial charge on any atom is -0.368 e. The van der Waals surface area contributed by atoms with E-state index in [1.165, 1.54) is 22.6 Å². The quantitative estimate of drug-likeness (QED) is 0.773. The van der Waals surface area contributed by atoms with E-state index in [1.54, 1.807) is 0 Å². The number of carbonyl (C=O) groups is 2. The van der Waals surface area contributed by atoms with E-state index in [9.17, 15) is 9.59 Å². The summed E-state index contributed by atoms with van der Waals surface area (Å²) < 4.78 is 0. The summed E-state index contributed by atoms with van der Waals surface area (Å²) in [5.74, 6) is 0.242. The van der Waals surface area contributed by atoms with Gasteiger partial charge in [-0.05, 0) is 57.5 Å². The SMILES string of the molecule is Cc1cccc(N2CCN(C(=O)CN3CCC(C(=O)Nc4nc(C)cs4)CC3)CC2)c1. The number of piperidine rings is 1. The summed E-state index contributed by atoms with van der Waals surface area (Å²) in [6.45, 7) is 9.30. The molecular weight excluding hydrogens is 410 g/mol. The molecule has 0 atom stereocenters. The number of rotatable bonds is 5. The molecule has 0 saturated carbocycles. The first kappa shape index (κ1) is 21.8. The van der Waals surface area contributed by atoms with Crippen molar-refractivity contribution in [3.8, 4) is 0 Å². The summed E-state index contributed by atoms with van der Waals surface area (Å²) in [5.41, 5.74) is 3.42. The smallest absolute Gasteiger partial charge is 0.236 e. The number of amides is 2. The zero-order valence-electron chi connectivity index (χ0n) is 18.3.